The fourth-order valence-electron chi connectivity index (χ4n) is 3.28. The molecule has 1 aromatic carbocycles. The molecule has 2 heteroatoms. The highest BCUT2D eigenvalue weighted by molar-refractivity contribution is 5.40. The monoisotopic (exact) mass is 247 g/mol. The van der Waals surface area contributed by atoms with E-state index in [9.17, 15) is 0 Å². The summed E-state index contributed by atoms with van der Waals surface area (Å²) in [5.41, 5.74) is 5.50. The van der Waals surface area contributed by atoms with Gasteiger partial charge >= 0.3 is 0 Å². The zero-order valence-electron chi connectivity index (χ0n) is 12.2. The van der Waals surface area contributed by atoms with E-state index in [0.717, 1.165) is 6.42 Å². The second kappa shape index (κ2) is 5.41. The van der Waals surface area contributed by atoms with Crippen LogP contribution in [0.25, 0.3) is 0 Å². The van der Waals surface area contributed by atoms with Crippen molar-refractivity contribution in [2.45, 2.75) is 58.8 Å². The molecule has 0 bridgehead atoms. The minimum atomic E-state index is 0.310. The van der Waals surface area contributed by atoms with Gasteiger partial charge in [-0.1, -0.05) is 17.7 Å². The van der Waals surface area contributed by atoms with Crippen molar-refractivity contribution in [1.82, 2.24) is 5.32 Å². The zero-order valence-corrected chi connectivity index (χ0v) is 12.2. The molecule has 1 aliphatic heterocycles. The van der Waals surface area contributed by atoms with Crippen molar-refractivity contribution in [3.05, 3.63) is 34.4 Å². The number of rotatable bonds is 3. The van der Waals surface area contributed by atoms with Crippen molar-refractivity contribution in [3.8, 4) is 0 Å². The van der Waals surface area contributed by atoms with Crippen LogP contribution in [0, 0.1) is 20.8 Å². The van der Waals surface area contributed by atoms with Crippen LogP contribution in [0.15, 0.2) is 12.1 Å². The lowest BCUT2D eigenvalue weighted by atomic mass is 9.90. The second-order valence-electron chi connectivity index (χ2n) is 5.64. The summed E-state index contributed by atoms with van der Waals surface area (Å²) in [5.74, 6) is 0. The molecule has 0 aliphatic carbocycles. The fraction of sp³-hybridized carbons (Fsp3) is 0.625. The number of likely N-dealkylation sites (N-methyl/N-ethyl adjacent to an activating group) is 1. The smallest absolute Gasteiger partial charge is 0.0774 e. The lowest BCUT2D eigenvalue weighted by Crippen LogP contribution is -2.31. The first-order chi connectivity index (χ1) is 8.52. The van der Waals surface area contributed by atoms with E-state index in [1.807, 2.05) is 7.05 Å². The Labute approximate surface area is 111 Å². The van der Waals surface area contributed by atoms with Gasteiger partial charge in [0.1, 0.15) is 0 Å². The molecule has 1 aliphatic rings. The SMILES string of the molecule is CNC(c1c(C)cc(C)cc1C)C1CCC(C)O1. The number of ether oxygens (including phenoxy) is 1. The van der Waals surface area contributed by atoms with Crippen LogP contribution in [0.2, 0.25) is 0 Å². The lowest BCUT2D eigenvalue weighted by molar-refractivity contribution is 0.0330. The largest absolute Gasteiger partial charge is 0.373 e. The third-order valence-corrected chi connectivity index (χ3v) is 4.00. The van der Waals surface area contributed by atoms with Gasteiger partial charge in [0.05, 0.1) is 18.2 Å². The molecule has 3 atom stereocenters. The molecule has 2 nitrogen and oxygen atoms in total. The van der Waals surface area contributed by atoms with Crippen LogP contribution in [0.1, 0.15) is 48.1 Å². The first kappa shape index (κ1) is 13.6. The van der Waals surface area contributed by atoms with E-state index in [2.05, 4.69) is 45.1 Å². The molecule has 1 aromatic rings. The fourth-order valence-corrected chi connectivity index (χ4v) is 3.28. The van der Waals surface area contributed by atoms with Crippen molar-refractivity contribution >= 4 is 0 Å². The highest BCUT2D eigenvalue weighted by Crippen LogP contribution is 2.33. The van der Waals surface area contributed by atoms with Crippen molar-refractivity contribution in [2.75, 3.05) is 7.05 Å². The van der Waals surface area contributed by atoms with Crippen LogP contribution < -0.4 is 5.32 Å². The molecule has 1 N–H and O–H groups in total. The number of nitrogens with one attached hydrogen (secondary N) is 1. The molecule has 1 saturated heterocycles. The van der Waals surface area contributed by atoms with Gasteiger partial charge in [0.15, 0.2) is 0 Å². The van der Waals surface area contributed by atoms with E-state index in [-0.39, 0.29) is 0 Å². The van der Waals surface area contributed by atoms with Crippen LogP contribution in [0.5, 0.6) is 0 Å². The average Bonchev–Trinajstić information content (AvgIpc) is 2.69. The zero-order chi connectivity index (χ0) is 13.3. The number of hydrogen-bond acceptors (Lipinski definition) is 2. The van der Waals surface area contributed by atoms with E-state index < -0.39 is 0 Å². The number of aryl methyl sites for hydroxylation is 3. The maximum Gasteiger partial charge on any atom is 0.0774 e. The van der Waals surface area contributed by atoms with E-state index in [0.29, 0.717) is 18.2 Å². The molecule has 0 saturated carbocycles. The minimum absolute atomic E-state index is 0.310. The maximum atomic E-state index is 6.05. The molecule has 0 aromatic heterocycles. The Hall–Kier alpha value is -0.860. The second-order valence-corrected chi connectivity index (χ2v) is 5.64. The molecule has 0 amide bonds. The van der Waals surface area contributed by atoms with Gasteiger partial charge in [-0.3, -0.25) is 0 Å². The summed E-state index contributed by atoms with van der Waals surface area (Å²) in [4.78, 5) is 0. The van der Waals surface area contributed by atoms with Crippen LogP contribution in [0.4, 0.5) is 0 Å². The van der Waals surface area contributed by atoms with Gasteiger partial charge in [-0.2, -0.15) is 0 Å². The predicted octanol–water partition coefficient (Wildman–Crippen LogP) is 3.44. The Morgan fingerprint density at radius 3 is 2.22 bits per heavy atom. The highest BCUT2D eigenvalue weighted by atomic mass is 16.5. The molecule has 100 valence electrons. The van der Waals surface area contributed by atoms with Gasteiger partial charge in [0, 0.05) is 0 Å². The van der Waals surface area contributed by atoms with Gasteiger partial charge in [-0.05, 0) is 64.3 Å². The predicted molar refractivity (Wildman–Crippen MR) is 76.0 cm³/mol. The van der Waals surface area contributed by atoms with Gasteiger partial charge in [0.2, 0.25) is 0 Å². The quantitative estimate of drug-likeness (QED) is 0.883. The van der Waals surface area contributed by atoms with Gasteiger partial charge in [-0.25, -0.2) is 0 Å². The molecular weight excluding hydrogens is 222 g/mol. The topological polar surface area (TPSA) is 21.3 Å². The first-order valence-electron chi connectivity index (χ1n) is 6.93. The van der Waals surface area contributed by atoms with Crippen LogP contribution in [-0.4, -0.2) is 19.3 Å². The van der Waals surface area contributed by atoms with E-state index in [1.165, 1.54) is 28.7 Å². The maximum absolute atomic E-state index is 6.05. The van der Waals surface area contributed by atoms with Crippen LogP contribution in [-0.2, 0) is 4.74 Å². The molecule has 2 rings (SSSR count). The molecular formula is C16H25NO. The standard InChI is InChI=1S/C16H25NO/c1-10-8-11(2)15(12(3)9-10)16(17-5)14-7-6-13(4)18-14/h8-9,13-14,16-17H,6-7H2,1-5H3. The Balaban J connectivity index is 2.33. The number of benzene rings is 1. The normalized spacial score (nSPS) is 25.4. The Morgan fingerprint density at radius 1 is 1.17 bits per heavy atom. The summed E-state index contributed by atoms with van der Waals surface area (Å²) in [6, 6.07) is 4.85. The summed E-state index contributed by atoms with van der Waals surface area (Å²) in [6.07, 6.45) is 3.04. The summed E-state index contributed by atoms with van der Waals surface area (Å²) in [6.45, 7) is 8.74. The number of hydrogen-bond donors (Lipinski definition) is 1. The molecule has 0 radical (unpaired) electrons. The van der Waals surface area contributed by atoms with Gasteiger partial charge in [0.25, 0.3) is 0 Å². The van der Waals surface area contributed by atoms with E-state index in [1.54, 1.807) is 0 Å². The van der Waals surface area contributed by atoms with E-state index in [4.69, 9.17) is 4.74 Å². The summed E-state index contributed by atoms with van der Waals surface area (Å²) in [7, 11) is 2.04. The third kappa shape index (κ3) is 2.60. The third-order valence-electron chi connectivity index (χ3n) is 4.00. The highest BCUT2D eigenvalue weighted by Gasteiger charge is 2.31. The molecule has 1 fully saturated rings. The van der Waals surface area contributed by atoms with E-state index >= 15 is 0 Å². The summed E-state index contributed by atoms with van der Waals surface area (Å²) in [5, 5.41) is 3.46. The molecule has 0 spiro atoms. The lowest BCUT2D eigenvalue weighted by Gasteiger charge is -2.27. The Kier molecular flexibility index (Phi) is 4.08. The average molecular weight is 247 g/mol. The van der Waals surface area contributed by atoms with Gasteiger partial charge < -0.3 is 10.1 Å². The summed E-state index contributed by atoms with van der Waals surface area (Å²) < 4.78 is 6.05. The van der Waals surface area contributed by atoms with Gasteiger partial charge in [-0.15, -0.1) is 0 Å². The Morgan fingerprint density at radius 2 is 1.78 bits per heavy atom. The summed E-state index contributed by atoms with van der Waals surface area (Å²) >= 11 is 0. The van der Waals surface area contributed by atoms with Crippen LogP contribution in [0.3, 0.4) is 0 Å². The minimum Gasteiger partial charge on any atom is -0.373 e. The van der Waals surface area contributed by atoms with Crippen molar-refractivity contribution in [2.24, 2.45) is 0 Å². The molecule has 18 heavy (non-hydrogen) atoms. The first-order valence-corrected chi connectivity index (χ1v) is 6.93. The van der Waals surface area contributed by atoms with Crippen LogP contribution >= 0.6 is 0 Å². The Bertz CT molecular complexity index is 404. The molecule has 1 heterocycles. The van der Waals surface area contributed by atoms with Crippen molar-refractivity contribution < 1.29 is 4.74 Å². The van der Waals surface area contributed by atoms with Crippen molar-refractivity contribution in [1.29, 1.82) is 0 Å². The van der Waals surface area contributed by atoms with Crippen molar-refractivity contribution in [3.63, 3.8) is 0 Å². The molecule has 3 unspecified atom stereocenters.